The van der Waals surface area contributed by atoms with E-state index in [-0.39, 0.29) is 30.1 Å². The van der Waals surface area contributed by atoms with Gasteiger partial charge in [0.2, 0.25) is 11.8 Å². The third-order valence-corrected chi connectivity index (χ3v) is 7.62. The molecule has 0 radical (unpaired) electrons. The molecule has 2 heterocycles. The minimum atomic E-state index is -0.831. The molecular weight excluding hydrogens is 594 g/mol. The number of carbonyl (C=O) groups excluding carboxylic acids is 4. The van der Waals surface area contributed by atoms with E-state index in [4.69, 9.17) is 5.73 Å². The summed E-state index contributed by atoms with van der Waals surface area (Å²) in [5.74, 6) is -3.06. The third-order valence-electron chi connectivity index (χ3n) is 7.62. The van der Waals surface area contributed by atoms with Crippen molar-refractivity contribution in [1.82, 2.24) is 25.4 Å². The first-order valence-electron chi connectivity index (χ1n) is 15.1. The van der Waals surface area contributed by atoms with Crippen molar-refractivity contribution in [2.24, 2.45) is 11.1 Å². The van der Waals surface area contributed by atoms with E-state index in [9.17, 15) is 28.0 Å². The Labute approximate surface area is 267 Å². The van der Waals surface area contributed by atoms with Crippen LogP contribution >= 0.6 is 0 Å². The fourth-order valence-corrected chi connectivity index (χ4v) is 5.23. The molecule has 0 aliphatic carbocycles. The molecule has 0 unspecified atom stereocenters. The van der Waals surface area contributed by atoms with Crippen LogP contribution in [0.3, 0.4) is 0 Å². The predicted molar refractivity (Wildman–Crippen MR) is 170 cm³/mol. The number of hydrogen-bond acceptors (Lipinski definition) is 6. The lowest BCUT2D eigenvalue weighted by Crippen LogP contribution is -2.46. The fraction of sp³-hybridized carbons (Fsp3) is 0.353. The van der Waals surface area contributed by atoms with Crippen LogP contribution in [-0.4, -0.2) is 65.3 Å². The van der Waals surface area contributed by atoms with Gasteiger partial charge in [-0.05, 0) is 48.2 Å². The second-order valence-corrected chi connectivity index (χ2v) is 12.3. The smallest absolute Gasteiger partial charge is 0.254 e. The van der Waals surface area contributed by atoms with E-state index in [1.807, 2.05) is 47.2 Å². The molecule has 2 atom stereocenters. The summed E-state index contributed by atoms with van der Waals surface area (Å²) in [6, 6.07) is 14.0. The first-order chi connectivity index (χ1) is 21.8. The quantitative estimate of drug-likeness (QED) is 0.159. The van der Waals surface area contributed by atoms with Crippen LogP contribution in [0.25, 0.3) is 11.1 Å². The Balaban J connectivity index is 1.37. The van der Waals surface area contributed by atoms with Gasteiger partial charge in [-0.25, -0.2) is 8.78 Å². The molecule has 3 aromatic rings. The molecule has 0 fully saturated rings. The maximum Gasteiger partial charge on any atom is 0.254 e. The van der Waals surface area contributed by atoms with Crippen LogP contribution < -0.4 is 21.7 Å². The molecule has 46 heavy (non-hydrogen) atoms. The molecule has 4 rings (SSSR count). The number of amides is 4. The minimum absolute atomic E-state index is 0.0952. The molecule has 10 nitrogen and oxygen atoms in total. The molecular formula is C34H40F2N6O4. The van der Waals surface area contributed by atoms with Gasteiger partial charge in [0.1, 0.15) is 18.2 Å². The molecule has 2 aromatic carbocycles. The van der Waals surface area contributed by atoms with E-state index < -0.39 is 47.8 Å². The monoisotopic (exact) mass is 634 g/mol. The fourth-order valence-electron chi connectivity index (χ4n) is 5.23. The Bertz CT molecular complexity index is 1580. The molecule has 1 aliphatic rings. The number of aromatic nitrogens is 1. The summed E-state index contributed by atoms with van der Waals surface area (Å²) in [6.45, 7) is 6.92. The summed E-state index contributed by atoms with van der Waals surface area (Å²) in [5.41, 5.74) is 8.50. The van der Waals surface area contributed by atoms with Crippen LogP contribution in [0.5, 0.6) is 0 Å². The molecule has 1 aromatic heterocycles. The summed E-state index contributed by atoms with van der Waals surface area (Å²) in [5, 5.41) is 8.77. The Hall–Kier alpha value is -4.68. The zero-order chi connectivity index (χ0) is 33.4. The SMILES string of the molecule is CC(C)(C)[C@@H](NCC[C@H](N)C(=O)NCCNC(=O)CN1C(=O)C=CC1=O)c1cc(-c2cc(F)ccc2F)cn1Cc1ccccc1. The van der Waals surface area contributed by atoms with Crippen LogP contribution in [0.4, 0.5) is 8.78 Å². The van der Waals surface area contributed by atoms with Gasteiger partial charge in [-0.3, -0.25) is 24.1 Å². The largest absolute Gasteiger partial charge is 0.353 e. The van der Waals surface area contributed by atoms with E-state index in [2.05, 4.69) is 36.7 Å². The maximum atomic E-state index is 14.8. The number of nitrogens with zero attached hydrogens (tertiary/aromatic N) is 2. The van der Waals surface area contributed by atoms with Crippen molar-refractivity contribution in [1.29, 1.82) is 0 Å². The summed E-state index contributed by atoms with van der Waals surface area (Å²) in [4.78, 5) is 48.7. The number of nitrogens with one attached hydrogen (secondary N) is 3. The van der Waals surface area contributed by atoms with Crippen molar-refractivity contribution < 1.29 is 28.0 Å². The number of hydrogen-bond donors (Lipinski definition) is 4. The van der Waals surface area contributed by atoms with Crippen molar-refractivity contribution in [2.45, 2.75) is 45.8 Å². The van der Waals surface area contributed by atoms with Gasteiger partial charge in [0.25, 0.3) is 11.8 Å². The van der Waals surface area contributed by atoms with Crippen LogP contribution in [0, 0.1) is 17.0 Å². The number of carbonyl (C=O) groups is 4. The standard InChI is InChI=1S/C34H40F2N6O4/c1-34(2,3)32(39-14-13-27(37)33(46)40-16-15-38-29(43)21-42-30(44)11-12-31(42)45)28-17-23(25-18-24(35)9-10-26(25)36)20-41(28)19-22-7-5-4-6-8-22/h4-12,17-18,20,27,32,39H,13-16,19,21,37H2,1-3H3,(H,38,43)(H,40,46)/t27-,32-/m0/s1. The highest BCUT2D eigenvalue weighted by atomic mass is 19.1. The molecule has 0 bridgehead atoms. The van der Waals surface area contributed by atoms with E-state index in [0.29, 0.717) is 25.1 Å². The molecule has 1 aliphatic heterocycles. The van der Waals surface area contributed by atoms with Crippen LogP contribution in [-0.2, 0) is 25.7 Å². The van der Waals surface area contributed by atoms with Gasteiger partial charge in [-0.15, -0.1) is 0 Å². The molecule has 244 valence electrons. The summed E-state index contributed by atoms with van der Waals surface area (Å²) < 4.78 is 30.9. The minimum Gasteiger partial charge on any atom is -0.353 e. The van der Waals surface area contributed by atoms with E-state index in [1.54, 1.807) is 0 Å². The molecule has 0 saturated heterocycles. The topological polar surface area (TPSA) is 139 Å². The molecule has 0 saturated carbocycles. The Morgan fingerprint density at radius 3 is 2.26 bits per heavy atom. The summed E-state index contributed by atoms with van der Waals surface area (Å²) in [7, 11) is 0. The van der Waals surface area contributed by atoms with Gasteiger partial charge in [0.15, 0.2) is 0 Å². The second kappa shape index (κ2) is 15.1. The van der Waals surface area contributed by atoms with Crippen molar-refractivity contribution in [3.8, 4) is 11.1 Å². The molecule has 5 N–H and O–H groups in total. The number of imide groups is 1. The Kier molecular flexibility index (Phi) is 11.2. The number of halogens is 2. The maximum absolute atomic E-state index is 14.8. The average molecular weight is 635 g/mol. The van der Waals surface area contributed by atoms with Gasteiger partial charge < -0.3 is 26.3 Å². The molecule has 4 amide bonds. The second-order valence-electron chi connectivity index (χ2n) is 12.3. The van der Waals surface area contributed by atoms with Gasteiger partial charge in [-0.1, -0.05) is 51.1 Å². The first kappa shape index (κ1) is 34.2. The summed E-state index contributed by atoms with van der Waals surface area (Å²) in [6.07, 6.45) is 4.34. The Morgan fingerprint density at radius 1 is 0.913 bits per heavy atom. The van der Waals surface area contributed by atoms with Gasteiger partial charge in [0, 0.05) is 54.8 Å². The van der Waals surface area contributed by atoms with Crippen LogP contribution in [0.15, 0.2) is 72.9 Å². The first-order valence-corrected chi connectivity index (χ1v) is 15.1. The lowest BCUT2D eigenvalue weighted by molar-refractivity contribution is -0.141. The molecule has 12 heteroatoms. The van der Waals surface area contributed by atoms with E-state index in [1.165, 1.54) is 6.07 Å². The molecule has 0 spiro atoms. The average Bonchev–Trinajstić information content (AvgIpc) is 3.56. The van der Waals surface area contributed by atoms with Gasteiger partial charge in [0.05, 0.1) is 12.1 Å². The van der Waals surface area contributed by atoms with Gasteiger partial charge >= 0.3 is 0 Å². The van der Waals surface area contributed by atoms with E-state index in [0.717, 1.165) is 40.4 Å². The number of rotatable bonds is 14. The third kappa shape index (κ3) is 8.95. The van der Waals surface area contributed by atoms with Gasteiger partial charge in [-0.2, -0.15) is 0 Å². The highest BCUT2D eigenvalue weighted by Gasteiger charge is 2.30. The number of benzene rings is 2. The highest BCUT2D eigenvalue weighted by Crippen LogP contribution is 2.37. The zero-order valence-electron chi connectivity index (χ0n) is 26.2. The Morgan fingerprint density at radius 2 is 1.59 bits per heavy atom. The highest BCUT2D eigenvalue weighted by molar-refractivity contribution is 6.14. The lowest BCUT2D eigenvalue weighted by Gasteiger charge is -2.33. The van der Waals surface area contributed by atoms with E-state index >= 15 is 0 Å². The predicted octanol–water partition coefficient (Wildman–Crippen LogP) is 3.03. The zero-order valence-corrected chi connectivity index (χ0v) is 26.2. The van der Waals surface area contributed by atoms with Crippen molar-refractivity contribution in [3.63, 3.8) is 0 Å². The lowest BCUT2D eigenvalue weighted by atomic mass is 9.84. The normalized spacial score (nSPS) is 14.4. The van der Waals surface area contributed by atoms with Crippen molar-refractivity contribution in [2.75, 3.05) is 26.2 Å². The number of nitrogens with two attached hydrogens (primary N) is 1. The van der Waals surface area contributed by atoms with Crippen molar-refractivity contribution >= 4 is 23.6 Å². The van der Waals surface area contributed by atoms with Crippen LogP contribution in [0.2, 0.25) is 0 Å². The van der Waals surface area contributed by atoms with Crippen LogP contribution in [0.1, 0.15) is 44.5 Å². The van der Waals surface area contributed by atoms with Crippen molar-refractivity contribution in [3.05, 3.63) is 95.8 Å². The summed E-state index contributed by atoms with van der Waals surface area (Å²) >= 11 is 0.